The smallest absolute Gasteiger partial charge is 0.233 e. The van der Waals surface area contributed by atoms with E-state index in [2.05, 4.69) is 10.2 Å². The largest absolute Gasteiger partial charge is 0.480 e. The van der Waals surface area contributed by atoms with E-state index in [1.54, 1.807) is 0 Å². The quantitative estimate of drug-likeness (QED) is 0.905. The van der Waals surface area contributed by atoms with Crippen molar-refractivity contribution in [3.63, 3.8) is 0 Å². The molecule has 1 unspecified atom stereocenters. The van der Waals surface area contributed by atoms with Gasteiger partial charge in [0.25, 0.3) is 0 Å². The van der Waals surface area contributed by atoms with E-state index in [4.69, 9.17) is 4.74 Å². The third kappa shape index (κ3) is 2.28. The molecule has 0 bridgehead atoms. The third-order valence-corrected chi connectivity index (χ3v) is 2.42. The number of methoxy groups -OCH3 is 1. The monoisotopic (exact) mass is 252 g/mol. The topological polar surface area (TPSA) is 55.2 Å². The van der Waals surface area contributed by atoms with E-state index in [9.17, 15) is 13.9 Å². The molecule has 0 saturated carbocycles. The Morgan fingerprint density at radius 2 is 1.78 bits per heavy atom. The summed E-state index contributed by atoms with van der Waals surface area (Å²) in [5.74, 6) is -1.42. The van der Waals surface area contributed by atoms with Crippen LogP contribution in [0.4, 0.5) is 8.78 Å². The molecule has 0 aliphatic heterocycles. The lowest BCUT2D eigenvalue weighted by Crippen LogP contribution is -2.08. The number of halogens is 2. The number of hydrogen-bond donors (Lipinski definition) is 1. The Morgan fingerprint density at radius 1 is 1.11 bits per heavy atom. The molecule has 0 saturated heterocycles. The van der Waals surface area contributed by atoms with Crippen molar-refractivity contribution < 1.29 is 18.6 Å². The summed E-state index contributed by atoms with van der Waals surface area (Å²) in [5.41, 5.74) is -0.406. The molecule has 6 heteroatoms. The van der Waals surface area contributed by atoms with Crippen LogP contribution in [0.2, 0.25) is 0 Å². The Kier molecular flexibility index (Phi) is 3.47. The number of aliphatic hydroxyl groups excluding tert-OH is 1. The lowest BCUT2D eigenvalue weighted by Gasteiger charge is -2.11. The van der Waals surface area contributed by atoms with Crippen LogP contribution in [0.5, 0.6) is 5.88 Å². The molecule has 0 spiro atoms. The highest BCUT2D eigenvalue weighted by molar-refractivity contribution is 5.28. The first kappa shape index (κ1) is 12.4. The van der Waals surface area contributed by atoms with Crippen LogP contribution in [0.25, 0.3) is 0 Å². The van der Waals surface area contributed by atoms with Crippen molar-refractivity contribution in [2.45, 2.75) is 6.10 Å². The summed E-state index contributed by atoms with van der Waals surface area (Å²) in [7, 11) is 1.41. The first-order valence-corrected chi connectivity index (χ1v) is 5.13. The Hall–Kier alpha value is -2.08. The number of rotatable bonds is 3. The molecule has 0 fully saturated rings. The van der Waals surface area contributed by atoms with E-state index in [1.165, 1.54) is 25.3 Å². The van der Waals surface area contributed by atoms with Crippen LogP contribution < -0.4 is 4.74 Å². The number of hydrogen-bond acceptors (Lipinski definition) is 4. The molecule has 1 heterocycles. The maximum absolute atomic E-state index is 13.5. The average molecular weight is 252 g/mol. The molecule has 1 aromatic heterocycles. The van der Waals surface area contributed by atoms with Gasteiger partial charge < -0.3 is 9.84 Å². The molecule has 1 N–H and O–H groups in total. The Balaban J connectivity index is 2.38. The van der Waals surface area contributed by atoms with Crippen molar-refractivity contribution >= 4 is 0 Å². The molecule has 2 aromatic rings. The minimum atomic E-state index is -1.51. The molecule has 0 radical (unpaired) electrons. The Labute approximate surface area is 102 Å². The zero-order valence-electron chi connectivity index (χ0n) is 9.47. The van der Waals surface area contributed by atoms with Crippen molar-refractivity contribution in [1.29, 1.82) is 0 Å². The zero-order valence-corrected chi connectivity index (χ0v) is 9.47. The molecule has 94 valence electrons. The van der Waals surface area contributed by atoms with Crippen molar-refractivity contribution in [1.82, 2.24) is 10.2 Å². The summed E-state index contributed by atoms with van der Waals surface area (Å²) in [4.78, 5) is 0. The SMILES string of the molecule is COc1ccc(C(O)c2c(F)cccc2F)nn1. The number of nitrogens with zero attached hydrogens (tertiary/aromatic N) is 2. The highest BCUT2D eigenvalue weighted by atomic mass is 19.1. The summed E-state index contributed by atoms with van der Waals surface area (Å²) >= 11 is 0. The second-order valence-corrected chi connectivity index (χ2v) is 3.54. The van der Waals surface area contributed by atoms with E-state index >= 15 is 0 Å². The van der Waals surface area contributed by atoms with Gasteiger partial charge in [-0.1, -0.05) is 6.07 Å². The van der Waals surface area contributed by atoms with E-state index in [0.29, 0.717) is 0 Å². The fraction of sp³-hybridized carbons (Fsp3) is 0.167. The van der Waals surface area contributed by atoms with Crippen LogP contribution in [0.15, 0.2) is 30.3 Å². The number of ether oxygens (including phenoxy) is 1. The van der Waals surface area contributed by atoms with Gasteiger partial charge in [-0.2, -0.15) is 0 Å². The predicted octanol–water partition coefficient (Wildman–Crippen LogP) is 1.85. The number of aliphatic hydroxyl groups is 1. The molecule has 18 heavy (non-hydrogen) atoms. The van der Waals surface area contributed by atoms with Crippen LogP contribution >= 0.6 is 0 Å². The summed E-state index contributed by atoms with van der Waals surface area (Å²) in [6.45, 7) is 0. The van der Waals surface area contributed by atoms with E-state index < -0.39 is 23.3 Å². The fourth-order valence-electron chi connectivity index (χ4n) is 1.50. The molecule has 0 aliphatic carbocycles. The molecular formula is C12H10F2N2O2. The molecule has 0 amide bonds. The molecule has 2 rings (SSSR count). The van der Waals surface area contributed by atoms with E-state index in [1.807, 2.05) is 0 Å². The first-order chi connectivity index (χ1) is 8.63. The number of aromatic nitrogens is 2. The van der Waals surface area contributed by atoms with Crippen molar-refractivity contribution in [2.24, 2.45) is 0 Å². The molecule has 0 aliphatic rings. The van der Waals surface area contributed by atoms with Crippen LogP contribution in [-0.4, -0.2) is 22.4 Å². The van der Waals surface area contributed by atoms with Crippen LogP contribution in [0.3, 0.4) is 0 Å². The van der Waals surface area contributed by atoms with Gasteiger partial charge in [0.1, 0.15) is 17.7 Å². The summed E-state index contributed by atoms with van der Waals surface area (Å²) in [6.07, 6.45) is -1.51. The second-order valence-electron chi connectivity index (χ2n) is 3.54. The summed E-state index contributed by atoms with van der Waals surface area (Å²) in [5, 5.41) is 17.2. The predicted molar refractivity (Wildman–Crippen MR) is 59.0 cm³/mol. The molecule has 1 atom stereocenters. The van der Waals surface area contributed by atoms with Crippen LogP contribution in [0.1, 0.15) is 17.4 Å². The Bertz CT molecular complexity index is 526. The Morgan fingerprint density at radius 3 is 2.28 bits per heavy atom. The second kappa shape index (κ2) is 5.05. The van der Waals surface area contributed by atoms with Gasteiger partial charge in [0.15, 0.2) is 0 Å². The van der Waals surface area contributed by atoms with Crippen molar-refractivity contribution in [2.75, 3.05) is 7.11 Å². The maximum atomic E-state index is 13.5. The number of benzene rings is 1. The normalized spacial score (nSPS) is 12.2. The van der Waals surface area contributed by atoms with Crippen LogP contribution in [-0.2, 0) is 0 Å². The summed E-state index contributed by atoms with van der Waals surface area (Å²) in [6, 6.07) is 6.20. The highest BCUT2D eigenvalue weighted by Crippen LogP contribution is 2.25. The third-order valence-electron chi connectivity index (χ3n) is 2.42. The van der Waals surface area contributed by atoms with Gasteiger partial charge in [0.05, 0.1) is 18.4 Å². The molecule has 1 aromatic carbocycles. The van der Waals surface area contributed by atoms with Gasteiger partial charge in [-0.15, -0.1) is 10.2 Å². The van der Waals surface area contributed by atoms with E-state index in [-0.39, 0.29) is 11.6 Å². The van der Waals surface area contributed by atoms with Gasteiger partial charge in [-0.05, 0) is 18.2 Å². The average Bonchev–Trinajstić information content (AvgIpc) is 2.38. The highest BCUT2D eigenvalue weighted by Gasteiger charge is 2.20. The standard InChI is InChI=1S/C12H10F2N2O2/c1-18-10-6-5-9(15-16-10)12(17)11-7(13)3-2-4-8(11)14/h2-6,12,17H,1H3. The van der Waals surface area contributed by atoms with Crippen molar-refractivity contribution in [3.05, 3.63) is 53.2 Å². The lowest BCUT2D eigenvalue weighted by atomic mass is 10.1. The van der Waals surface area contributed by atoms with Crippen molar-refractivity contribution in [3.8, 4) is 5.88 Å². The van der Waals surface area contributed by atoms with Gasteiger partial charge >= 0.3 is 0 Å². The first-order valence-electron chi connectivity index (χ1n) is 5.13. The fourth-order valence-corrected chi connectivity index (χ4v) is 1.50. The molecular weight excluding hydrogens is 242 g/mol. The maximum Gasteiger partial charge on any atom is 0.233 e. The van der Waals surface area contributed by atoms with E-state index in [0.717, 1.165) is 12.1 Å². The molecule has 4 nitrogen and oxygen atoms in total. The summed E-state index contributed by atoms with van der Waals surface area (Å²) < 4.78 is 31.7. The van der Waals surface area contributed by atoms with Gasteiger partial charge in [0, 0.05) is 6.07 Å². The van der Waals surface area contributed by atoms with Gasteiger partial charge in [0.2, 0.25) is 5.88 Å². The zero-order chi connectivity index (χ0) is 13.1. The van der Waals surface area contributed by atoms with Crippen LogP contribution in [0, 0.1) is 11.6 Å². The minimum absolute atomic E-state index is 0.0415. The lowest BCUT2D eigenvalue weighted by molar-refractivity contribution is 0.202. The van der Waals surface area contributed by atoms with Gasteiger partial charge in [-0.25, -0.2) is 8.78 Å². The van der Waals surface area contributed by atoms with Gasteiger partial charge in [-0.3, -0.25) is 0 Å². The minimum Gasteiger partial charge on any atom is -0.480 e.